The van der Waals surface area contributed by atoms with Crippen LogP contribution in [0.4, 0.5) is 4.39 Å². The summed E-state index contributed by atoms with van der Waals surface area (Å²) in [5.74, 6) is 1.91. The molecule has 2 N–H and O–H groups in total. The van der Waals surface area contributed by atoms with E-state index < -0.39 is 0 Å². The molecule has 0 saturated heterocycles. The summed E-state index contributed by atoms with van der Waals surface area (Å²) in [6.07, 6.45) is 0.793. The normalized spacial score (nSPS) is 10.7. The molecule has 0 saturated carbocycles. The first kappa shape index (κ1) is 23.0. The smallest absolute Gasteiger partial charge is 0.191 e. The largest absolute Gasteiger partial charge is 0.493 e. The number of nitrogens with zero attached hydrogens (tertiary/aromatic N) is 1. The van der Waals surface area contributed by atoms with E-state index in [9.17, 15) is 4.39 Å². The lowest BCUT2D eigenvalue weighted by atomic mass is 10.1. The van der Waals surface area contributed by atoms with Gasteiger partial charge in [-0.25, -0.2) is 9.38 Å². The first-order chi connectivity index (χ1) is 12.7. The van der Waals surface area contributed by atoms with Crippen molar-refractivity contribution in [3.05, 3.63) is 59.4 Å². The minimum Gasteiger partial charge on any atom is -0.493 e. The zero-order valence-corrected chi connectivity index (χ0v) is 18.3. The van der Waals surface area contributed by atoms with Crippen LogP contribution in [0.15, 0.2) is 47.5 Å². The predicted octanol–water partition coefficient (Wildman–Crippen LogP) is 3.76. The van der Waals surface area contributed by atoms with Crippen LogP contribution in [0.2, 0.25) is 0 Å². The third kappa shape index (κ3) is 7.62. The lowest BCUT2D eigenvalue weighted by Crippen LogP contribution is -2.38. The Morgan fingerprint density at radius 3 is 2.26 bits per heavy atom. The van der Waals surface area contributed by atoms with Crippen LogP contribution in [0.5, 0.6) is 11.5 Å². The van der Waals surface area contributed by atoms with E-state index in [4.69, 9.17) is 9.47 Å². The second-order valence-electron chi connectivity index (χ2n) is 5.69. The van der Waals surface area contributed by atoms with Gasteiger partial charge in [-0.3, -0.25) is 0 Å². The summed E-state index contributed by atoms with van der Waals surface area (Å²) in [5.41, 5.74) is 2.10. The third-order valence-corrected chi connectivity index (χ3v) is 3.83. The summed E-state index contributed by atoms with van der Waals surface area (Å²) in [6.45, 7) is 4.03. The Hall–Kier alpha value is -2.03. The molecular weight excluding hydrogens is 460 g/mol. The molecule has 2 aromatic carbocycles. The molecule has 0 heterocycles. The molecule has 5 nitrogen and oxygen atoms in total. The van der Waals surface area contributed by atoms with Gasteiger partial charge in [-0.2, -0.15) is 0 Å². The molecule has 0 aliphatic rings. The van der Waals surface area contributed by atoms with Crippen LogP contribution in [-0.2, 0) is 13.0 Å². The van der Waals surface area contributed by atoms with Crippen LogP contribution in [-0.4, -0.2) is 33.3 Å². The van der Waals surface area contributed by atoms with Crippen LogP contribution in [0, 0.1) is 5.82 Å². The zero-order chi connectivity index (χ0) is 18.8. The molecule has 0 bridgehead atoms. The number of guanidine groups is 1. The van der Waals surface area contributed by atoms with Crippen LogP contribution >= 0.6 is 24.0 Å². The highest BCUT2D eigenvalue weighted by molar-refractivity contribution is 14.0. The van der Waals surface area contributed by atoms with E-state index in [0.29, 0.717) is 24.6 Å². The van der Waals surface area contributed by atoms with Crippen molar-refractivity contribution in [3.63, 3.8) is 0 Å². The van der Waals surface area contributed by atoms with Gasteiger partial charge in [0.2, 0.25) is 0 Å². The summed E-state index contributed by atoms with van der Waals surface area (Å²) in [7, 11) is 3.23. The van der Waals surface area contributed by atoms with Crippen molar-refractivity contribution in [1.82, 2.24) is 10.6 Å². The Labute approximate surface area is 177 Å². The molecule has 0 aliphatic carbocycles. The van der Waals surface area contributed by atoms with Crippen molar-refractivity contribution in [3.8, 4) is 11.5 Å². The quantitative estimate of drug-likeness (QED) is 0.339. The van der Waals surface area contributed by atoms with Crippen LogP contribution in [0.1, 0.15) is 18.1 Å². The Morgan fingerprint density at radius 2 is 1.63 bits per heavy atom. The van der Waals surface area contributed by atoms with Crippen molar-refractivity contribution in [1.29, 1.82) is 0 Å². The molecule has 0 atom stereocenters. The molecule has 0 spiro atoms. The molecule has 0 aliphatic heterocycles. The van der Waals surface area contributed by atoms with Gasteiger partial charge in [-0.05, 0) is 48.7 Å². The Balaban J connectivity index is 0.00000364. The van der Waals surface area contributed by atoms with Gasteiger partial charge in [0.1, 0.15) is 5.82 Å². The van der Waals surface area contributed by atoms with Gasteiger partial charge >= 0.3 is 0 Å². The van der Waals surface area contributed by atoms with Crippen molar-refractivity contribution in [2.45, 2.75) is 19.9 Å². The Morgan fingerprint density at radius 1 is 0.963 bits per heavy atom. The van der Waals surface area contributed by atoms with Gasteiger partial charge in [0.05, 0.1) is 20.8 Å². The van der Waals surface area contributed by atoms with Gasteiger partial charge in [-0.1, -0.05) is 18.2 Å². The first-order valence-corrected chi connectivity index (χ1v) is 8.63. The van der Waals surface area contributed by atoms with Crippen molar-refractivity contribution in [2.75, 3.05) is 27.3 Å². The van der Waals surface area contributed by atoms with Gasteiger partial charge in [-0.15, -0.1) is 24.0 Å². The van der Waals surface area contributed by atoms with E-state index in [-0.39, 0.29) is 29.8 Å². The maximum absolute atomic E-state index is 12.9. The number of ether oxygens (including phenoxy) is 2. The molecule has 0 radical (unpaired) electrons. The monoisotopic (exact) mass is 487 g/mol. The molecular formula is C20H27FIN3O2. The number of halogens is 2. The van der Waals surface area contributed by atoms with Crippen molar-refractivity contribution >= 4 is 29.9 Å². The molecule has 0 unspecified atom stereocenters. The van der Waals surface area contributed by atoms with Crippen LogP contribution in [0.3, 0.4) is 0 Å². The lowest BCUT2D eigenvalue weighted by Gasteiger charge is -2.12. The van der Waals surface area contributed by atoms with Crippen LogP contribution in [0.25, 0.3) is 0 Å². The second kappa shape index (κ2) is 12.4. The number of nitrogens with one attached hydrogen (secondary N) is 2. The maximum atomic E-state index is 12.9. The van der Waals surface area contributed by atoms with E-state index in [1.165, 1.54) is 12.1 Å². The molecule has 0 amide bonds. The Bertz CT molecular complexity index is 724. The van der Waals surface area contributed by atoms with Gasteiger partial charge in [0.25, 0.3) is 0 Å². The van der Waals surface area contributed by atoms with E-state index in [1.807, 2.05) is 25.1 Å². The topological polar surface area (TPSA) is 54.9 Å². The molecule has 27 heavy (non-hydrogen) atoms. The average molecular weight is 487 g/mol. The summed E-state index contributed by atoms with van der Waals surface area (Å²) < 4.78 is 23.5. The summed E-state index contributed by atoms with van der Waals surface area (Å²) in [6, 6.07) is 12.3. The van der Waals surface area contributed by atoms with Gasteiger partial charge < -0.3 is 20.1 Å². The predicted molar refractivity (Wildman–Crippen MR) is 118 cm³/mol. The molecule has 2 aromatic rings. The third-order valence-electron chi connectivity index (χ3n) is 3.83. The lowest BCUT2D eigenvalue weighted by molar-refractivity contribution is 0.354. The fourth-order valence-corrected chi connectivity index (χ4v) is 2.47. The second-order valence-corrected chi connectivity index (χ2v) is 5.69. The van der Waals surface area contributed by atoms with E-state index in [1.54, 1.807) is 26.4 Å². The minimum atomic E-state index is -0.216. The fraction of sp³-hybridized carbons (Fsp3) is 0.350. The van der Waals surface area contributed by atoms with Crippen LogP contribution < -0.4 is 20.1 Å². The average Bonchev–Trinajstić information content (AvgIpc) is 2.67. The summed E-state index contributed by atoms with van der Waals surface area (Å²) >= 11 is 0. The zero-order valence-electron chi connectivity index (χ0n) is 15.9. The number of rotatable bonds is 8. The van der Waals surface area contributed by atoms with Gasteiger partial charge in [0, 0.05) is 13.1 Å². The molecule has 0 aromatic heterocycles. The van der Waals surface area contributed by atoms with Gasteiger partial charge in [0.15, 0.2) is 17.5 Å². The first-order valence-electron chi connectivity index (χ1n) is 8.63. The minimum absolute atomic E-state index is 0. The molecule has 0 fully saturated rings. The molecule has 148 valence electrons. The van der Waals surface area contributed by atoms with E-state index >= 15 is 0 Å². The molecule has 2 rings (SSSR count). The highest BCUT2D eigenvalue weighted by Gasteiger charge is 2.05. The Kier molecular flexibility index (Phi) is 10.5. The van der Waals surface area contributed by atoms with Crippen molar-refractivity contribution in [2.24, 2.45) is 4.99 Å². The SMILES string of the molecule is CCNC(=NCc1ccc(OC)c(OC)c1)NCCc1ccc(F)cc1.I. The summed E-state index contributed by atoms with van der Waals surface area (Å²) in [5, 5.41) is 6.52. The van der Waals surface area contributed by atoms with E-state index in [0.717, 1.165) is 30.1 Å². The highest BCUT2D eigenvalue weighted by Crippen LogP contribution is 2.27. The maximum Gasteiger partial charge on any atom is 0.191 e. The number of aliphatic imine (C=N–C) groups is 1. The number of benzene rings is 2. The molecule has 7 heteroatoms. The highest BCUT2D eigenvalue weighted by atomic mass is 127. The van der Waals surface area contributed by atoms with E-state index in [2.05, 4.69) is 15.6 Å². The fourth-order valence-electron chi connectivity index (χ4n) is 2.47. The summed E-state index contributed by atoms with van der Waals surface area (Å²) in [4.78, 5) is 4.60. The van der Waals surface area contributed by atoms with Crippen molar-refractivity contribution < 1.29 is 13.9 Å². The number of hydrogen-bond donors (Lipinski definition) is 2. The standard InChI is InChI=1S/C20H26FN3O2.HI/c1-4-22-20(23-12-11-15-5-8-17(21)9-6-15)24-14-16-7-10-18(25-2)19(13-16)26-3;/h5-10,13H,4,11-12,14H2,1-3H3,(H2,22,23,24);1H. The number of hydrogen-bond acceptors (Lipinski definition) is 3. The number of methoxy groups -OCH3 is 2.